The van der Waals surface area contributed by atoms with Gasteiger partial charge in [0.25, 0.3) is 0 Å². The van der Waals surface area contributed by atoms with Crippen molar-refractivity contribution in [3.63, 3.8) is 0 Å². The Morgan fingerprint density at radius 1 is 1.56 bits per heavy atom. The molecule has 1 atom stereocenters. The van der Waals surface area contributed by atoms with E-state index in [0.717, 1.165) is 18.3 Å². The van der Waals surface area contributed by atoms with Gasteiger partial charge in [-0.15, -0.1) is 0 Å². The van der Waals surface area contributed by atoms with Gasteiger partial charge in [-0.25, -0.2) is 0 Å². The van der Waals surface area contributed by atoms with Crippen molar-refractivity contribution in [3.8, 4) is 6.07 Å². The summed E-state index contributed by atoms with van der Waals surface area (Å²) in [4.78, 5) is 2.39. The zero-order valence-electron chi connectivity index (χ0n) is 10.8. The fourth-order valence-electron chi connectivity index (χ4n) is 2.00. The molecule has 1 unspecified atom stereocenters. The van der Waals surface area contributed by atoms with Crippen LogP contribution < -0.4 is 5.32 Å². The van der Waals surface area contributed by atoms with Gasteiger partial charge in [0.2, 0.25) is 0 Å². The maximum absolute atomic E-state index is 9.04. The molecule has 0 aromatic heterocycles. The third-order valence-corrected chi connectivity index (χ3v) is 3.74. The number of hydrogen-bond acceptors (Lipinski definition) is 3. The summed E-state index contributed by atoms with van der Waals surface area (Å²) in [6, 6.07) is 8.67. The SMILES string of the molecule is CC(CNc1cc(Cl)ccc1C#N)N(C)C1CC1. The predicted octanol–water partition coefficient (Wildman–Crippen LogP) is 3.11. The van der Waals surface area contributed by atoms with Crippen molar-refractivity contribution in [2.75, 3.05) is 18.9 Å². The van der Waals surface area contributed by atoms with Crippen LogP contribution in [0.25, 0.3) is 0 Å². The quantitative estimate of drug-likeness (QED) is 0.887. The number of nitrogens with one attached hydrogen (secondary N) is 1. The molecule has 1 N–H and O–H groups in total. The van der Waals surface area contributed by atoms with E-state index in [-0.39, 0.29) is 0 Å². The smallest absolute Gasteiger partial charge is 0.101 e. The minimum atomic E-state index is 0.447. The highest BCUT2D eigenvalue weighted by Gasteiger charge is 2.28. The first-order valence-electron chi connectivity index (χ1n) is 6.27. The van der Waals surface area contributed by atoms with Crippen LogP contribution in [0.1, 0.15) is 25.3 Å². The number of benzene rings is 1. The number of hydrogen-bond donors (Lipinski definition) is 1. The van der Waals surface area contributed by atoms with E-state index in [1.54, 1.807) is 12.1 Å². The number of nitrogens with zero attached hydrogens (tertiary/aromatic N) is 2. The van der Waals surface area contributed by atoms with Gasteiger partial charge < -0.3 is 5.32 Å². The van der Waals surface area contributed by atoms with Crippen LogP contribution in [0, 0.1) is 11.3 Å². The molecular formula is C14H18ClN3. The lowest BCUT2D eigenvalue weighted by molar-refractivity contribution is 0.257. The first-order chi connectivity index (χ1) is 8.61. The van der Waals surface area contributed by atoms with E-state index in [0.29, 0.717) is 16.6 Å². The van der Waals surface area contributed by atoms with Crippen LogP contribution in [0.3, 0.4) is 0 Å². The summed E-state index contributed by atoms with van der Waals surface area (Å²) in [5.74, 6) is 0. The summed E-state index contributed by atoms with van der Waals surface area (Å²) in [6.07, 6.45) is 2.61. The molecule has 1 aromatic carbocycles. The largest absolute Gasteiger partial charge is 0.382 e. The van der Waals surface area contributed by atoms with E-state index < -0.39 is 0 Å². The molecule has 0 heterocycles. The summed E-state index contributed by atoms with van der Waals surface area (Å²) in [5.41, 5.74) is 1.46. The summed E-state index contributed by atoms with van der Waals surface area (Å²) in [6.45, 7) is 3.02. The Bertz CT molecular complexity index is 463. The van der Waals surface area contributed by atoms with Gasteiger partial charge in [0.1, 0.15) is 6.07 Å². The highest BCUT2D eigenvalue weighted by atomic mass is 35.5. The fraction of sp³-hybridized carbons (Fsp3) is 0.500. The molecule has 0 bridgehead atoms. The van der Waals surface area contributed by atoms with Crippen molar-refractivity contribution < 1.29 is 0 Å². The van der Waals surface area contributed by atoms with Gasteiger partial charge in [-0.05, 0) is 45.0 Å². The van der Waals surface area contributed by atoms with Crippen molar-refractivity contribution in [2.45, 2.75) is 31.8 Å². The predicted molar refractivity (Wildman–Crippen MR) is 74.9 cm³/mol. The number of likely N-dealkylation sites (N-methyl/N-ethyl adjacent to an activating group) is 1. The van der Waals surface area contributed by atoms with Crippen LogP contribution in [0.15, 0.2) is 18.2 Å². The Morgan fingerprint density at radius 3 is 2.89 bits per heavy atom. The molecule has 3 nitrogen and oxygen atoms in total. The molecule has 0 aliphatic heterocycles. The molecule has 18 heavy (non-hydrogen) atoms. The number of nitriles is 1. The van der Waals surface area contributed by atoms with E-state index in [4.69, 9.17) is 16.9 Å². The van der Waals surface area contributed by atoms with Gasteiger partial charge in [-0.3, -0.25) is 4.90 Å². The van der Waals surface area contributed by atoms with Crippen molar-refractivity contribution in [3.05, 3.63) is 28.8 Å². The molecule has 0 spiro atoms. The highest BCUT2D eigenvalue weighted by Crippen LogP contribution is 2.27. The molecular weight excluding hydrogens is 246 g/mol. The second kappa shape index (κ2) is 5.60. The zero-order valence-corrected chi connectivity index (χ0v) is 11.5. The monoisotopic (exact) mass is 263 g/mol. The van der Waals surface area contributed by atoms with E-state index in [2.05, 4.69) is 30.3 Å². The lowest BCUT2D eigenvalue weighted by Crippen LogP contribution is -2.36. The lowest BCUT2D eigenvalue weighted by atomic mass is 10.2. The molecule has 1 saturated carbocycles. The molecule has 1 fully saturated rings. The van der Waals surface area contributed by atoms with Crippen LogP contribution in [-0.4, -0.2) is 30.6 Å². The number of rotatable bonds is 5. The average Bonchev–Trinajstić information content (AvgIpc) is 3.19. The van der Waals surface area contributed by atoms with Crippen molar-refractivity contribution in [2.24, 2.45) is 0 Å². The van der Waals surface area contributed by atoms with Crippen LogP contribution >= 0.6 is 11.6 Å². The molecule has 1 aliphatic rings. The minimum Gasteiger partial charge on any atom is -0.382 e. The molecule has 0 saturated heterocycles. The Labute approximate surface area is 113 Å². The van der Waals surface area contributed by atoms with Crippen molar-refractivity contribution >= 4 is 17.3 Å². The van der Waals surface area contributed by atoms with Crippen LogP contribution in [0.5, 0.6) is 0 Å². The van der Waals surface area contributed by atoms with Gasteiger partial charge in [-0.2, -0.15) is 5.26 Å². The summed E-state index contributed by atoms with van der Waals surface area (Å²) in [5, 5.41) is 13.0. The molecule has 1 aromatic rings. The van der Waals surface area contributed by atoms with Gasteiger partial charge in [-0.1, -0.05) is 11.6 Å². The van der Waals surface area contributed by atoms with Crippen LogP contribution in [0.4, 0.5) is 5.69 Å². The summed E-state index contributed by atoms with van der Waals surface area (Å²) < 4.78 is 0. The highest BCUT2D eigenvalue weighted by molar-refractivity contribution is 6.30. The Hall–Kier alpha value is -1.24. The summed E-state index contributed by atoms with van der Waals surface area (Å²) >= 11 is 5.95. The van der Waals surface area contributed by atoms with Gasteiger partial charge >= 0.3 is 0 Å². The number of anilines is 1. The molecule has 96 valence electrons. The second-order valence-corrected chi connectivity index (χ2v) is 5.36. The first kappa shape index (κ1) is 13.2. The zero-order chi connectivity index (χ0) is 13.1. The van der Waals surface area contributed by atoms with Gasteiger partial charge in [0, 0.05) is 23.7 Å². The van der Waals surface area contributed by atoms with Crippen LogP contribution in [0.2, 0.25) is 5.02 Å². The first-order valence-corrected chi connectivity index (χ1v) is 6.65. The summed E-state index contributed by atoms with van der Waals surface area (Å²) in [7, 11) is 2.16. The van der Waals surface area contributed by atoms with E-state index in [9.17, 15) is 0 Å². The van der Waals surface area contributed by atoms with Crippen molar-refractivity contribution in [1.82, 2.24) is 4.90 Å². The molecule has 1 aliphatic carbocycles. The van der Waals surface area contributed by atoms with E-state index >= 15 is 0 Å². The normalized spacial score (nSPS) is 16.4. The van der Waals surface area contributed by atoms with E-state index in [1.807, 2.05) is 6.07 Å². The Morgan fingerprint density at radius 2 is 2.28 bits per heavy atom. The Kier molecular flexibility index (Phi) is 4.11. The second-order valence-electron chi connectivity index (χ2n) is 4.93. The maximum Gasteiger partial charge on any atom is 0.101 e. The Balaban J connectivity index is 1.96. The molecule has 0 amide bonds. The third kappa shape index (κ3) is 3.16. The lowest BCUT2D eigenvalue weighted by Gasteiger charge is -2.25. The number of halogens is 1. The minimum absolute atomic E-state index is 0.447. The van der Waals surface area contributed by atoms with E-state index in [1.165, 1.54) is 12.8 Å². The average molecular weight is 264 g/mol. The topological polar surface area (TPSA) is 39.1 Å². The molecule has 2 rings (SSSR count). The van der Waals surface area contributed by atoms with Crippen LogP contribution in [-0.2, 0) is 0 Å². The van der Waals surface area contributed by atoms with Gasteiger partial charge in [0.15, 0.2) is 0 Å². The van der Waals surface area contributed by atoms with Crippen molar-refractivity contribution in [1.29, 1.82) is 5.26 Å². The maximum atomic E-state index is 9.04. The van der Waals surface area contributed by atoms with Gasteiger partial charge in [0.05, 0.1) is 11.3 Å². The third-order valence-electron chi connectivity index (χ3n) is 3.51. The molecule has 4 heteroatoms. The molecule has 0 radical (unpaired) electrons. The standard InChI is InChI=1S/C14H18ClN3/c1-10(18(2)13-5-6-13)9-17-14-7-12(15)4-3-11(14)8-16/h3-4,7,10,13,17H,5-6,9H2,1-2H3. The fourth-order valence-corrected chi connectivity index (χ4v) is 2.18.